The van der Waals surface area contributed by atoms with Gasteiger partial charge < -0.3 is 9.84 Å². The summed E-state index contributed by atoms with van der Waals surface area (Å²) in [4.78, 5) is 24.1. The van der Waals surface area contributed by atoms with Gasteiger partial charge in [0.2, 0.25) is 0 Å². The Labute approximate surface area is 175 Å². The van der Waals surface area contributed by atoms with Gasteiger partial charge in [0.15, 0.2) is 5.78 Å². The van der Waals surface area contributed by atoms with Crippen molar-refractivity contribution >= 4 is 35.0 Å². The van der Waals surface area contributed by atoms with Gasteiger partial charge in [-0.15, -0.1) is 0 Å². The maximum Gasteiger partial charge on any atom is 0.328 e. The van der Waals surface area contributed by atoms with Gasteiger partial charge in [-0.1, -0.05) is 55.8 Å². The topological polar surface area (TPSA) is 63.6 Å². The molecule has 0 aliphatic heterocycles. The molecule has 1 saturated carbocycles. The number of unbranched alkanes of at least 4 members (excludes halogenated alkanes) is 1. The van der Waals surface area contributed by atoms with Gasteiger partial charge >= 0.3 is 5.97 Å². The summed E-state index contributed by atoms with van der Waals surface area (Å²) in [5, 5.41) is 9.15. The first-order valence-electron chi connectivity index (χ1n) is 9.98. The highest BCUT2D eigenvalue weighted by Gasteiger charge is 2.51. The van der Waals surface area contributed by atoms with E-state index in [1.807, 2.05) is 6.07 Å². The zero-order valence-electron chi connectivity index (χ0n) is 16.1. The van der Waals surface area contributed by atoms with Crippen molar-refractivity contribution in [3.63, 3.8) is 0 Å². The van der Waals surface area contributed by atoms with E-state index in [1.54, 1.807) is 0 Å². The quantitative estimate of drug-likeness (QED) is 0.510. The number of carboxylic acids is 1. The summed E-state index contributed by atoms with van der Waals surface area (Å²) < 4.78 is 5.63. The van der Waals surface area contributed by atoms with E-state index in [2.05, 4.69) is 6.92 Å². The van der Waals surface area contributed by atoms with Crippen LogP contribution in [-0.2, 0) is 11.2 Å². The minimum atomic E-state index is -1.04. The smallest absolute Gasteiger partial charge is 0.328 e. The van der Waals surface area contributed by atoms with Crippen molar-refractivity contribution in [1.82, 2.24) is 0 Å². The summed E-state index contributed by atoms with van der Waals surface area (Å²) in [6.07, 6.45) is 10.6. The molecule has 0 saturated heterocycles. The summed E-state index contributed by atoms with van der Waals surface area (Å²) in [6.45, 7) is 2.22. The van der Waals surface area contributed by atoms with Crippen LogP contribution in [0.2, 0.25) is 10.0 Å². The van der Waals surface area contributed by atoms with Gasteiger partial charge in [-0.05, 0) is 49.3 Å². The lowest BCUT2D eigenvalue weighted by Crippen LogP contribution is -2.35. The second-order valence-electron chi connectivity index (χ2n) is 7.84. The third-order valence-electron chi connectivity index (χ3n) is 6.15. The number of hydrogen-bond acceptors (Lipinski definition) is 3. The number of ether oxygens (including phenoxy) is 1. The molecule has 0 amide bonds. The third kappa shape index (κ3) is 3.95. The Morgan fingerprint density at radius 2 is 2.04 bits per heavy atom. The summed E-state index contributed by atoms with van der Waals surface area (Å²) >= 11 is 12.9. The molecule has 1 atom stereocenters. The van der Waals surface area contributed by atoms with Crippen LogP contribution in [0.15, 0.2) is 18.2 Å². The lowest BCUT2D eigenvalue weighted by Gasteiger charge is -2.34. The predicted octanol–water partition coefficient (Wildman–Crippen LogP) is 6.12. The molecule has 1 aromatic carbocycles. The average Bonchev–Trinajstić information content (AvgIpc) is 3.28. The number of carbonyl (C=O) groups is 2. The van der Waals surface area contributed by atoms with Gasteiger partial charge in [0, 0.05) is 17.1 Å². The fraction of sp³-hybridized carbons (Fsp3) is 0.545. The SMILES string of the molecule is CCCCC1(C2CCCC2)Cc2cc(OC/C=C/C(=O)O)c(Cl)c(Cl)c2C1=O. The van der Waals surface area contributed by atoms with Crippen molar-refractivity contribution in [1.29, 1.82) is 0 Å². The number of ketones is 1. The molecule has 6 heteroatoms. The van der Waals surface area contributed by atoms with E-state index in [0.717, 1.165) is 43.7 Å². The van der Waals surface area contributed by atoms with E-state index in [4.69, 9.17) is 33.0 Å². The fourth-order valence-corrected chi connectivity index (χ4v) is 5.31. The van der Waals surface area contributed by atoms with Crippen molar-refractivity contribution < 1.29 is 19.4 Å². The fourth-order valence-electron chi connectivity index (χ4n) is 4.80. The van der Waals surface area contributed by atoms with Crippen LogP contribution in [0, 0.1) is 11.3 Å². The van der Waals surface area contributed by atoms with E-state index >= 15 is 0 Å². The van der Waals surface area contributed by atoms with Crippen LogP contribution >= 0.6 is 23.2 Å². The van der Waals surface area contributed by atoms with Crippen molar-refractivity contribution in [3.05, 3.63) is 39.4 Å². The van der Waals surface area contributed by atoms with Crippen LogP contribution in [0.3, 0.4) is 0 Å². The monoisotopic (exact) mass is 424 g/mol. The summed E-state index contributed by atoms with van der Waals surface area (Å²) in [6, 6.07) is 1.82. The Balaban J connectivity index is 1.92. The molecule has 1 aromatic rings. The zero-order chi connectivity index (χ0) is 20.3. The standard InChI is InChI=1S/C22H26Cl2O4/c1-2-3-10-22(15-7-4-5-8-15)13-14-12-16(28-11-6-9-17(25)26)19(23)20(24)18(14)21(22)27/h6,9,12,15H,2-5,7-8,10-11,13H2,1H3,(H,25,26)/b9-6+. The molecular formula is C22H26Cl2O4. The maximum atomic E-state index is 13.6. The highest BCUT2D eigenvalue weighted by atomic mass is 35.5. The molecule has 1 unspecified atom stereocenters. The Morgan fingerprint density at radius 3 is 2.68 bits per heavy atom. The Morgan fingerprint density at radius 1 is 1.32 bits per heavy atom. The van der Waals surface area contributed by atoms with Gasteiger partial charge in [0.25, 0.3) is 0 Å². The lowest BCUT2D eigenvalue weighted by molar-refractivity contribution is -0.131. The number of hydrogen-bond donors (Lipinski definition) is 1. The minimum absolute atomic E-state index is 0.0681. The van der Waals surface area contributed by atoms with Crippen LogP contribution in [0.25, 0.3) is 0 Å². The lowest BCUT2D eigenvalue weighted by atomic mass is 9.68. The maximum absolute atomic E-state index is 13.6. The molecule has 2 aliphatic carbocycles. The number of Topliss-reactive ketones (excluding diaryl/α,β-unsaturated/α-hetero) is 1. The molecule has 0 spiro atoms. The van der Waals surface area contributed by atoms with Crippen LogP contribution in [0.4, 0.5) is 0 Å². The minimum Gasteiger partial charge on any atom is -0.488 e. The molecule has 0 heterocycles. The van der Waals surface area contributed by atoms with Gasteiger partial charge in [-0.3, -0.25) is 4.79 Å². The number of fused-ring (bicyclic) bond motifs is 1. The second-order valence-corrected chi connectivity index (χ2v) is 8.59. The van der Waals surface area contributed by atoms with Crippen molar-refractivity contribution in [3.8, 4) is 5.75 Å². The average molecular weight is 425 g/mol. The highest BCUT2D eigenvalue weighted by molar-refractivity contribution is 6.45. The van der Waals surface area contributed by atoms with Crippen molar-refractivity contribution in [2.45, 2.75) is 58.3 Å². The Hall–Kier alpha value is -1.52. The van der Waals surface area contributed by atoms with Crippen LogP contribution in [0.1, 0.15) is 67.8 Å². The van der Waals surface area contributed by atoms with Crippen LogP contribution < -0.4 is 4.74 Å². The molecule has 1 fully saturated rings. The summed E-state index contributed by atoms with van der Waals surface area (Å²) in [5.74, 6) is -0.0979. The summed E-state index contributed by atoms with van der Waals surface area (Å²) in [7, 11) is 0. The number of benzene rings is 1. The van der Waals surface area contributed by atoms with E-state index in [9.17, 15) is 9.59 Å². The number of rotatable bonds is 8. The first-order valence-corrected chi connectivity index (χ1v) is 10.7. The third-order valence-corrected chi connectivity index (χ3v) is 7.00. The largest absolute Gasteiger partial charge is 0.488 e. The Kier molecular flexibility index (Phi) is 6.72. The molecule has 2 aliphatic rings. The number of aliphatic carboxylic acids is 1. The Bertz CT molecular complexity index is 796. The molecule has 4 nitrogen and oxygen atoms in total. The predicted molar refractivity (Wildman–Crippen MR) is 111 cm³/mol. The van der Waals surface area contributed by atoms with Gasteiger partial charge in [-0.2, -0.15) is 0 Å². The molecule has 3 rings (SSSR count). The first-order chi connectivity index (χ1) is 13.4. The van der Waals surface area contributed by atoms with Crippen LogP contribution in [0.5, 0.6) is 5.75 Å². The zero-order valence-corrected chi connectivity index (χ0v) is 17.6. The second kappa shape index (κ2) is 8.87. The highest BCUT2D eigenvalue weighted by Crippen LogP contribution is 2.54. The molecule has 0 aromatic heterocycles. The van der Waals surface area contributed by atoms with E-state index < -0.39 is 5.97 Å². The van der Waals surface area contributed by atoms with Crippen molar-refractivity contribution in [2.75, 3.05) is 6.61 Å². The van der Waals surface area contributed by atoms with Crippen LogP contribution in [-0.4, -0.2) is 23.5 Å². The van der Waals surface area contributed by atoms with Crippen molar-refractivity contribution in [2.24, 2.45) is 11.3 Å². The molecule has 0 radical (unpaired) electrons. The molecule has 1 N–H and O–H groups in total. The molecule has 28 heavy (non-hydrogen) atoms. The number of carboxylic acid groups (broad SMARTS) is 1. The normalized spacial score (nSPS) is 22.2. The molecular weight excluding hydrogens is 399 g/mol. The number of halogens is 2. The van der Waals surface area contributed by atoms with E-state index in [-0.39, 0.29) is 27.9 Å². The van der Waals surface area contributed by atoms with Gasteiger partial charge in [0.1, 0.15) is 17.4 Å². The first kappa shape index (κ1) is 21.2. The van der Waals surface area contributed by atoms with E-state index in [1.165, 1.54) is 18.9 Å². The number of carbonyl (C=O) groups excluding carboxylic acids is 1. The molecule has 0 bridgehead atoms. The molecule has 152 valence electrons. The van der Waals surface area contributed by atoms with Gasteiger partial charge in [-0.25, -0.2) is 4.79 Å². The summed E-state index contributed by atoms with van der Waals surface area (Å²) in [5.41, 5.74) is 1.09. The van der Waals surface area contributed by atoms with Gasteiger partial charge in [0.05, 0.1) is 5.02 Å². The van der Waals surface area contributed by atoms with E-state index in [0.29, 0.717) is 23.7 Å².